The molecule has 0 aliphatic heterocycles. The van der Waals surface area contributed by atoms with Crippen LogP contribution in [0.4, 0.5) is 0 Å². The van der Waals surface area contributed by atoms with Crippen molar-refractivity contribution in [3.05, 3.63) is 18.7 Å². The van der Waals surface area contributed by atoms with Gasteiger partial charge in [0, 0.05) is 25.5 Å². The van der Waals surface area contributed by atoms with Crippen LogP contribution in [0.3, 0.4) is 0 Å². The standard InChI is InChI=1S/C13H23N3O/c17-13(5-2-1-3-6-13)11-14-7-4-9-16-10-8-15-12-16/h8,10,12,14,17H,1-7,9,11H2. The first-order valence-electron chi connectivity index (χ1n) is 6.67. The van der Waals surface area contributed by atoms with Crippen LogP contribution in [-0.2, 0) is 6.54 Å². The van der Waals surface area contributed by atoms with E-state index in [4.69, 9.17) is 0 Å². The third-order valence-corrected chi connectivity index (χ3v) is 3.57. The fraction of sp³-hybridized carbons (Fsp3) is 0.769. The SMILES string of the molecule is OC1(CNCCCn2ccnc2)CCCCC1. The Hall–Kier alpha value is -0.870. The van der Waals surface area contributed by atoms with Gasteiger partial charge in [0.25, 0.3) is 0 Å². The maximum absolute atomic E-state index is 10.3. The molecule has 0 spiro atoms. The first-order chi connectivity index (χ1) is 8.29. The molecule has 0 amide bonds. The van der Waals surface area contributed by atoms with Crippen molar-refractivity contribution in [1.29, 1.82) is 0 Å². The van der Waals surface area contributed by atoms with Crippen LogP contribution < -0.4 is 5.32 Å². The molecular weight excluding hydrogens is 214 g/mol. The molecule has 0 saturated heterocycles. The Labute approximate surface area is 103 Å². The lowest BCUT2D eigenvalue weighted by molar-refractivity contribution is 0.00501. The predicted octanol–water partition coefficient (Wildman–Crippen LogP) is 1.56. The molecule has 1 aliphatic rings. The molecule has 2 rings (SSSR count). The summed E-state index contributed by atoms with van der Waals surface area (Å²) < 4.78 is 2.08. The van der Waals surface area contributed by atoms with E-state index in [-0.39, 0.29) is 0 Å². The highest BCUT2D eigenvalue weighted by atomic mass is 16.3. The van der Waals surface area contributed by atoms with Gasteiger partial charge in [0.2, 0.25) is 0 Å². The van der Waals surface area contributed by atoms with E-state index >= 15 is 0 Å². The Balaban J connectivity index is 1.56. The minimum atomic E-state index is -0.437. The molecular formula is C13H23N3O. The second-order valence-corrected chi connectivity index (χ2v) is 5.12. The monoisotopic (exact) mass is 237 g/mol. The number of imidazole rings is 1. The van der Waals surface area contributed by atoms with Gasteiger partial charge >= 0.3 is 0 Å². The van der Waals surface area contributed by atoms with Gasteiger partial charge in [0.1, 0.15) is 0 Å². The molecule has 4 nitrogen and oxygen atoms in total. The van der Waals surface area contributed by atoms with Gasteiger partial charge in [-0.2, -0.15) is 0 Å². The zero-order chi connectivity index (χ0) is 12.0. The van der Waals surface area contributed by atoms with E-state index in [1.807, 2.05) is 12.5 Å². The van der Waals surface area contributed by atoms with Gasteiger partial charge in [-0.25, -0.2) is 4.98 Å². The molecule has 1 aromatic heterocycles. The van der Waals surface area contributed by atoms with E-state index in [9.17, 15) is 5.11 Å². The average molecular weight is 237 g/mol. The summed E-state index contributed by atoms with van der Waals surface area (Å²) >= 11 is 0. The molecule has 0 radical (unpaired) electrons. The lowest BCUT2D eigenvalue weighted by Crippen LogP contribution is -2.42. The summed E-state index contributed by atoms with van der Waals surface area (Å²) in [4.78, 5) is 4.01. The molecule has 0 atom stereocenters. The second kappa shape index (κ2) is 6.17. The first kappa shape index (κ1) is 12.6. The van der Waals surface area contributed by atoms with E-state index in [1.54, 1.807) is 6.20 Å². The van der Waals surface area contributed by atoms with Crippen LogP contribution in [0.2, 0.25) is 0 Å². The second-order valence-electron chi connectivity index (χ2n) is 5.12. The van der Waals surface area contributed by atoms with Gasteiger partial charge in [-0.15, -0.1) is 0 Å². The minimum Gasteiger partial charge on any atom is -0.389 e. The highest BCUT2D eigenvalue weighted by molar-refractivity contribution is 4.84. The molecule has 0 aromatic carbocycles. The molecule has 1 fully saturated rings. The van der Waals surface area contributed by atoms with Gasteiger partial charge in [-0.1, -0.05) is 19.3 Å². The number of nitrogens with one attached hydrogen (secondary N) is 1. The fourth-order valence-electron chi connectivity index (χ4n) is 2.51. The van der Waals surface area contributed by atoms with Crippen LogP contribution in [0, 0.1) is 0 Å². The van der Waals surface area contributed by atoms with Crippen molar-refractivity contribution >= 4 is 0 Å². The maximum Gasteiger partial charge on any atom is 0.0945 e. The third-order valence-electron chi connectivity index (χ3n) is 3.57. The minimum absolute atomic E-state index is 0.437. The van der Waals surface area contributed by atoms with Gasteiger partial charge in [0.15, 0.2) is 0 Å². The summed E-state index contributed by atoms with van der Waals surface area (Å²) in [7, 11) is 0. The average Bonchev–Trinajstić information content (AvgIpc) is 2.82. The number of nitrogens with zero attached hydrogens (tertiary/aromatic N) is 2. The molecule has 17 heavy (non-hydrogen) atoms. The lowest BCUT2D eigenvalue weighted by atomic mass is 9.85. The number of hydrogen-bond acceptors (Lipinski definition) is 3. The number of aromatic nitrogens is 2. The number of aryl methyl sites for hydroxylation is 1. The first-order valence-corrected chi connectivity index (χ1v) is 6.67. The van der Waals surface area contributed by atoms with Gasteiger partial charge < -0.3 is 15.0 Å². The third kappa shape index (κ3) is 4.13. The van der Waals surface area contributed by atoms with Crippen molar-refractivity contribution in [2.75, 3.05) is 13.1 Å². The molecule has 1 saturated carbocycles. The topological polar surface area (TPSA) is 50.1 Å². The summed E-state index contributed by atoms with van der Waals surface area (Å²) in [5, 5.41) is 13.7. The Morgan fingerprint density at radius 1 is 1.29 bits per heavy atom. The quantitative estimate of drug-likeness (QED) is 0.738. The molecule has 0 bridgehead atoms. The Kier molecular flexibility index (Phi) is 4.57. The van der Waals surface area contributed by atoms with E-state index < -0.39 is 5.60 Å². The van der Waals surface area contributed by atoms with E-state index in [0.717, 1.165) is 38.9 Å². The highest BCUT2D eigenvalue weighted by Gasteiger charge is 2.28. The van der Waals surface area contributed by atoms with Crippen LogP contribution in [0.15, 0.2) is 18.7 Å². The molecule has 4 heteroatoms. The fourth-order valence-corrected chi connectivity index (χ4v) is 2.51. The zero-order valence-electron chi connectivity index (χ0n) is 10.4. The summed E-state index contributed by atoms with van der Waals surface area (Å²) in [5.74, 6) is 0. The predicted molar refractivity (Wildman–Crippen MR) is 67.7 cm³/mol. The van der Waals surface area contributed by atoms with Crippen molar-refractivity contribution in [3.8, 4) is 0 Å². The summed E-state index contributed by atoms with van der Waals surface area (Å²) in [6.45, 7) is 2.70. The highest BCUT2D eigenvalue weighted by Crippen LogP contribution is 2.27. The molecule has 1 heterocycles. The van der Waals surface area contributed by atoms with Crippen molar-refractivity contribution < 1.29 is 5.11 Å². The van der Waals surface area contributed by atoms with E-state index in [0.29, 0.717) is 0 Å². The lowest BCUT2D eigenvalue weighted by Gasteiger charge is -2.32. The zero-order valence-corrected chi connectivity index (χ0v) is 10.4. The van der Waals surface area contributed by atoms with Gasteiger partial charge in [0.05, 0.1) is 11.9 Å². The van der Waals surface area contributed by atoms with Crippen molar-refractivity contribution in [3.63, 3.8) is 0 Å². The van der Waals surface area contributed by atoms with Crippen molar-refractivity contribution in [2.45, 2.75) is 50.7 Å². The molecule has 0 unspecified atom stereocenters. The van der Waals surface area contributed by atoms with E-state index in [2.05, 4.69) is 14.9 Å². The number of hydrogen-bond donors (Lipinski definition) is 2. The van der Waals surface area contributed by atoms with Crippen LogP contribution in [0.25, 0.3) is 0 Å². The number of aliphatic hydroxyl groups is 1. The molecule has 1 aliphatic carbocycles. The Morgan fingerprint density at radius 2 is 2.12 bits per heavy atom. The van der Waals surface area contributed by atoms with Crippen molar-refractivity contribution in [2.24, 2.45) is 0 Å². The Bertz CT molecular complexity index is 304. The van der Waals surface area contributed by atoms with E-state index in [1.165, 1.54) is 19.3 Å². The number of rotatable bonds is 6. The normalized spacial score (nSPS) is 19.4. The molecule has 2 N–H and O–H groups in total. The van der Waals surface area contributed by atoms with Crippen LogP contribution in [0.1, 0.15) is 38.5 Å². The van der Waals surface area contributed by atoms with Gasteiger partial charge in [-0.3, -0.25) is 0 Å². The van der Waals surface area contributed by atoms with Gasteiger partial charge in [-0.05, 0) is 25.8 Å². The van der Waals surface area contributed by atoms with Crippen LogP contribution in [0.5, 0.6) is 0 Å². The molecule has 96 valence electrons. The van der Waals surface area contributed by atoms with Crippen LogP contribution in [-0.4, -0.2) is 33.3 Å². The summed E-state index contributed by atoms with van der Waals surface area (Å²) in [5.41, 5.74) is -0.437. The Morgan fingerprint density at radius 3 is 2.82 bits per heavy atom. The summed E-state index contributed by atoms with van der Waals surface area (Å²) in [6, 6.07) is 0. The van der Waals surface area contributed by atoms with Crippen LogP contribution >= 0.6 is 0 Å². The summed E-state index contributed by atoms with van der Waals surface area (Å²) in [6.07, 6.45) is 12.3. The maximum atomic E-state index is 10.3. The van der Waals surface area contributed by atoms with Crippen molar-refractivity contribution in [1.82, 2.24) is 14.9 Å². The largest absolute Gasteiger partial charge is 0.389 e. The smallest absolute Gasteiger partial charge is 0.0945 e. The molecule has 1 aromatic rings.